The van der Waals surface area contributed by atoms with Gasteiger partial charge in [0, 0.05) is 18.3 Å². The lowest BCUT2D eigenvalue weighted by molar-refractivity contribution is 0.474. The minimum atomic E-state index is -0.622. The summed E-state index contributed by atoms with van der Waals surface area (Å²) >= 11 is 0. The van der Waals surface area contributed by atoms with Gasteiger partial charge in [-0.15, -0.1) is 0 Å². The second kappa shape index (κ2) is 4.82. The molecular weight excluding hydrogens is 224 g/mol. The maximum atomic E-state index is 12.9. The number of hydrogen-bond acceptors (Lipinski definition) is 2. The summed E-state index contributed by atoms with van der Waals surface area (Å²) in [7, 11) is 0. The number of aromatic hydroxyl groups is 1. The van der Waals surface area contributed by atoms with Crippen LogP contribution in [0.4, 0.5) is 14.5 Å². The molecule has 2 aromatic carbocycles. The fourth-order valence-corrected chi connectivity index (χ4v) is 1.53. The summed E-state index contributed by atoms with van der Waals surface area (Å²) in [4.78, 5) is 0. The Morgan fingerprint density at radius 2 is 1.71 bits per heavy atom. The Bertz CT molecular complexity index is 508. The van der Waals surface area contributed by atoms with Gasteiger partial charge < -0.3 is 10.4 Å². The van der Waals surface area contributed by atoms with E-state index >= 15 is 0 Å². The molecule has 0 aliphatic carbocycles. The summed E-state index contributed by atoms with van der Waals surface area (Å²) in [6.07, 6.45) is 0. The SMILES string of the molecule is Oc1cccc(CNc2cc(F)cc(F)c2)c1. The van der Waals surface area contributed by atoms with Gasteiger partial charge in [-0.3, -0.25) is 0 Å². The summed E-state index contributed by atoms with van der Waals surface area (Å²) < 4.78 is 25.8. The molecule has 2 rings (SSSR count). The van der Waals surface area contributed by atoms with Crippen LogP contribution in [0.15, 0.2) is 42.5 Å². The molecule has 0 aromatic heterocycles. The highest BCUT2D eigenvalue weighted by Crippen LogP contribution is 2.16. The monoisotopic (exact) mass is 235 g/mol. The molecule has 2 nitrogen and oxygen atoms in total. The molecule has 0 saturated carbocycles. The number of phenolic OH excluding ortho intramolecular Hbond substituents is 1. The number of hydrogen-bond donors (Lipinski definition) is 2. The van der Waals surface area contributed by atoms with E-state index in [0.29, 0.717) is 12.2 Å². The number of halogens is 2. The number of nitrogens with one attached hydrogen (secondary N) is 1. The van der Waals surface area contributed by atoms with Crippen LogP contribution in [0.3, 0.4) is 0 Å². The average Bonchev–Trinajstić information content (AvgIpc) is 2.25. The van der Waals surface area contributed by atoms with E-state index in [1.165, 1.54) is 12.1 Å². The molecule has 0 atom stereocenters. The molecule has 4 heteroatoms. The minimum absolute atomic E-state index is 0.162. The van der Waals surface area contributed by atoms with E-state index in [0.717, 1.165) is 11.6 Å². The van der Waals surface area contributed by atoms with Crippen molar-refractivity contribution in [2.45, 2.75) is 6.54 Å². The molecule has 0 unspecified atom stereocenters. The van der Waals surface area contributed by atoms with Crippen molar-refractivity contribution < 1.29 is 13.9 Å². The molecular formula is C13H11F2NO. The van der Waals surface area contributed by atoms with Gasteiger partial charge in [0.05, 0.1) is 0 Å². The topological polar surface area (TPSA) is 32.3 Å². The van der Waals surface area contributed by atoms with Crippen LogP contribution >= 0.6 is 0 Å². The van der Waals surface area contributed by atoms with E-state index in [1.54, 1.807) is 18.2 Å². The molecule has 0 amide bonds. The van der Waals surface area contributed by atoms with Crippen LogP contribution in [0.1, 0.15) is 5.56 Å². The summed E-state index contributed by atoms with van der Waals surface area (Å²) in [5.41, 5.74) is 1.19. The lowest BCUT2D eigenvalue weighted by Gasteiger charge is -2.07. The lowest BCUT2D eigenvalue weighted by Crippen LogP contribution is -2.00. The van der Waals surface area contributed by atoms with Crippen LogP contribution in [-0.4, -0.2) is 5.11 Å². The molecule has 88 valence electrons. The molecule has 0 aliphatic heterocycles. The highest BCUT2D eigenvalue weighted by atomic mass is 19.1. The number of benzene rings is 2. The maximum Gasteiger partial charge on any atom is 0.128 e. The average molecular weight is 235 g/mol. The van der Waals surface area contributed by atoms with Gasteiger partial charge in [0.15, 0.2) is 0 Å². The molecule has 0 spiro atoms. The van der Waals surface area contributed by atoms with Crippen molar-refractivity contribution >= 4 is 5.69 Å². The molecule has 0 radical (unpaired) electrons. The van der Waals surface area contributed by atoms with E-state index in [2.05, 4.69) is 5.32 Å². The van der Waals surface area contributed by atoms with E-state index < -0.39 is 11.6 Å². The summed E-state index contributed by atoms with van der Waals surface area (Å²) in [6, 6.07) is 9.91. The fourth-order valence-electron chi connectivity index (χ4n) is 1.53. The summed E-state index contributed by atoms with van der Waals surface area (Å²) in [5, 5.41) is 12.1. The Morgan fingerprint density at radius 3 is 2.35 bits per heavy atom. The fraction of sp³-hybridized carbons (Fsp3) is 0.0769. The quantitative estimate of drug-likeness (QED) is 0.855. The normalized spacial score (nSPS) is 10.2. The maximum absolute atomic E-state index is 12.9. The first kappa shape index (κ1) is 11.4. The first-order chi connectivity index (χ1) is 8.13. The number of phenols is 1. The molecule has 0 fully saturated rings. The van der Waals surface area contributed by atoms with E-state index in [1.807, 2.05) is 6.07 Å². The Balaban J connectivity index is 2.07. The third kappa shape index (κ3) is 3.17. The Kier molecular flexibility index (Phi) is 3.23. The summed E-state index contributed by atoms with van der Waals surface area (Å²) in [6.45, 7) is 0.386. The van der Waals surface area contributed by atoms with Crippen molar-refractivity contribution in [1.82, 2.24) is 0 Å². The van der Waals surface area contributed by atoms with Gasteiger partial charge in [-0.2, -0.15) is 0 Å². The number of anilines is 1. The first-order valence-electron chi connectivity index (χ1n) is 5.11. The molecule has 17 heavy (non-hydrogen) atoms. The largest absolute Gasteiger partial charge is 0.508 e. The van der Waals surface area contributed by atoms with Crippen LogP contribution in [0.5, 0.6) is 5.75 Å². The van der Waals surface area contributed by atoms with Gasteiger partial charge in [-0.1, -0.05) is 12.1 Å². The Hall–Kier alpha value is -2.10. The second-order valence-electron chi connectivity index (χ2n) is 3.68. The van der Waals surface area contributed by atoms with E-state index in [9.17, 15) is 13.9 Å². The van der Waals surface area contributed by atoms with Gasteiger partial charge in [0.25, 0.3) is 0 Å². The number of rotatable bonds is 3. The first-order valence-corrected chi connectivity index (χ1v) is 5.11. The van der Waals surface area contributed by atoms with E-state index in [4.69, 9.17) is 0 Å². The second-order valence-corrected chi connectivity index (χ2v) is 3.68. The van der Waals surface area contributed by atoms with Crippen molar-refractivity contribution in [3.8, 4) is 5.75 Å². The smallest absolute Gasteiger partial charge is 0.128 e. The molecule has 0 saturated heterocycles. The lowest BCUT2D eigenvalue weighted by atomic mass is 10.2. The van der Waals surface area contributed by atoms with Gasteiger partial charge in [-0.05, 0) is 29.8 Å². The summed E-state index contributed by atoms with van der Waals surface area (Å²) in [5.74, 6) is -1.08. The van der Waals surface area contributed by atoms with Gasteiger partial charge in [0.2, 0.25) is 0 Å². The zero-order valence-electron chi connectivity index (χ0n) is 8.95. The van der Waals surface area contributed by atoms with Crippen LogP contribution in [0.25, 0.3) is 0 Å². The standard InChI is InChI=1S/C13H11F2NO/c14-10-5-11(15)7-12(6-10)16-8-9-2-1-3-13(17)4-9/h1-7,16-17H,8H2. The zero-order valence-corrected chi connectivity index (χ0v) is 8.95. The van der Waals surface area contributed by atoms with E-state index in [-0.39, 0.29) is 5.75 Å². The minimum Gasteiger partial charge on any atom is -0.508 e. The van der Waals surface area contributed by atoms with Crippen LogP contribution in [-0.2, 0) is 6.54 Å². The van der Waals surface area contributed by atoms with Gasteiger partial charge >= 0.3 is 0 Å². The molecule has 0 aliphatic rings. The van der Waals surface area contributed by atoms with Crippen molar-refractivity contribution in [3.05, 3.63) is 59.7 Å². The molecule has 0 bridgehead atoms. The van der Waals surface area contributed by atoms with Crippen LogP contribution in [0.2, 0.25) is 0 Å². The predicted molar refractivity (Wildman–Crippen MR) is 61.8 cm³/mol. The highest BCUT2D eigenvalue weighted by Gasteiger charge is 2.00. The molecule has 2 aromatic rings. The molecule has 0 heterocycles. The van der Waals surface area contributed by atoms with Crippen molar-refractivity contribution in [3.63, 3.8) is 0 Å². The predicted octanol–water partition coefficient (Wildman–Crippen LogP) is 3.28. The van der Waals surface area contributed by atoms with Crippen LogP contribution in [0, 0.1) is 11.6 Å². The molecule has 2 N–H and O–H groups in total. The Labute approximate surface area is 97.5 Å². The van der Waals surface area contributed by atoms with Crippen molar-refractivity contribution in [1.29, 1.82) is 0 Å². The third-order valence-corrected chi connectivity index (χ3v) is 2.27. The third-order valence-electron chi connectivity index (χ3n) is 2.27. The van der Waals surface area contributed by atoms with Gasteiger partial charge in [-0.25, -0.2) is 8.78 Å². The van der Waals surface area contributed by atoms with Crippen molar-refractivity contribution in [2.75, 3.05) is 5.32 Å². The van der Waals surface area contributed by atoms with Crippen LogP contribution < -0.4 is 5.32 Å². The van der Waals surface area contributed by atoms with Gasteiger partial charge in [0.1, 0.15) is 17.4 Å². The highest BCUT2D eigenvalue weighted by molar-refractivity contribution is 5.44. The zero-order chi connectivity index (χ0) is 12.3. The van der Waals surface area contributed by atoms with Crippen molar-refractivity contribution in [2.24, 2.45) is 0 Å². The Morgan fingerprint density at radius 1 is 1.00 bits per heavy atom.